The first-order valence-electron chi connectivity index (χ1n) is 9.65. The largest absolute Gasteiger partial charge is 0.391 e. The highest BCUT2D eigenvalue weighted by Crippen LogP contribution is 2.43. The van der Waals surface area contributed by atoms with Crippen LogP contribution in [0.1, 0.15) is 44.1 Å². The Hall–Kier alpha value is -0.520. The lowest BCUT2D eigenvalue weighted by Gasteiger charge is -2.38. The van der Waals surface area contributed by atoms with Gasteiger partial charge in [-0.3, -0.25) is 4.79 Å². The molecule has 150 valence electrons. The van der Waals surface area contributed by atoms with E-state index in [1.807, 2.05) is 12.1 Å². The highest BCUT2D eigenvalue weighted by atomic mass is 35.5. The Bertz CT molecular complexity index is 694. The first-order chi connectivity index (χ1) is 12.5. The summed E-state index contributed by atoms with van der Waals surface area (Å²) in [7, 11) is 0. The molecule has 2 aliphatic carbocycles. The van der Waals surface area contributed by atoms with E-state index in [-0.39, 0.29) is 24.4 Å². The molecule has 1 amide bonds. The fraction of sp³-hybridized carbons (Fsp3) is 0.650. The molecule has 0 radical (unpaired) electrons. The predicted molar refractivity (Wildman–Crippen MR) is 111 cm³/mol. The van der Waals surface area contributed by atoms with Gasteiger partial charge < -0.3 is 15.7 Å². The van der Waals surface area contributed by atoms with Gasteiger partial charge in [0.2, 0.25) is 5.91 Å². The van der Waals surface area contributed by atoms with Gasteiger partial charge in [0.15, 0.2) is 0 Å². The Balaban J connectivity index is 0.00000210. The number of hydrogen-bond acceptors (Lipinski definition) is 3. The molecule has 3 fully saturated rings. The molecule has 1 heterocycles. The number of rotatable bonds is 3. The van der Waals surface area contributed by atoms with Crippen LogP contribution < -0.4 is 10.6 Å². The van der Waals surface area contributed by atoms with E-state index in [0.29, 0.717) is 21.9 Å². The lowest BCUT2D eigenvalue weighted by Crippen LogP contribution is -2.54. The molecule has 1 aromatic rings. The Labute approximate surface area is 176 Å². The standard InChI is InChI=1S/C20H26Cl2N2O2.ClH/c21-15-4-3-14(9-16(15)22)20(5-1-2-6-20)19(26)24-17-7-12-10-23-11-13(12)8-18(17)25;/h3-4,9,12-13,17-18,23,25H,1-2,5-8,10-11H2,(H,24,26);1H/t12-,13+,17-,18-;/m0./s1. The molecular weight excluding hydrogens is 407 g/mol. The zero-order chi connectivity index (χ0) is 18.3. The minimum atomic E-state index is -0.557. The van der Waals surface area contributed by atoms with Crippen molar-refractivity contribution in [2.45, 2.75) is 56.1 Å². The van der Waals surface area contributed by atoms with Crippen molar-refractivity contribution >= 4 is 41.5 Å². The van der Waals surface area contributed by atoms with E-state index in [0.717, 1.165) is 57.2 Å². The summed E-state index contributed by atoms with van der Waals surface area (Å²) < 4.78 is 0. The number of hydrogen-bond donors (Lipinski definition) is 3. The molecule has 3 N–H and O–H groups in total. The van der Waals surface area contributed by atoms with E-state index < -0.39 is 11.5 Å². The first kappa shape index (κ1) is 21.2. The fourth-order valence-corrected chi connectivity index (χ4v) is 5.48. The van der Waals surface area contributed by atoms with Crippen molar-refractivity contribution in [2.75, 3.05) is 13.1 Å². The van der Waals surface area contributed by atoms with E-state index in [1.165, 1.54) is 0 Å². The zero-order valence-electron chi connectivity index (χ0n) is 15.2. The zero-order valence-corrected chi connectivity index (χ0v) is 17.5. The first-order valence-corrected chi connectivity index (χ1v) is 10.4. The van der Waals surface area contributed by atoms with Crippen molar-refractivity contribution in [3.63, 3.8) is 0 Å². The third kappa shape index (κ3) is 3.97. The van der Waals surface area contributed by atoms with E-state index in [2.05, 4.69) is 10.6 Å². The molecule has 0 unspecified atom stereocenters. The van der Waals surface area contributed by atoms with Gasteiger partial charge in [-0.25, -0.2) is 0 Å². The molecule has 3 aliphatic rings. The maximum atomic E-state index is 13.4. The van der Waals surface area contributed by atoms with Crippen molar-refractivity contribution in [3.8, 4) is 0 Å². The summed E-state index contributed by atoms with van der Waals surface area (Å²) in [6.07, 6.45) is 4.82. The number of benzene rings is 1. The average Bonchev–Trinajstić information content (AvgIpc) is 3.27. The topological polar surface area (TPSA) is 61.4 Å². The van der Waals surface area contributed by atoms with Crippen LogP contribution >= 0.6 is 35.6 Å². The van der Waals surface area contributed by atoms with Crippen molar-refractivity contribution in [3.05, 3.63) is 33.8 Å². The second-order valence-corrected chi connectivity index (χ2v) is 9.03. The second-order valence-electron chi connectivity index (χ2n) is 8.22. The number of nitrogens with one attached hydrogen (secondary N) is 2. The van der Waals surface area contributed by atoms with Gasteiger partial charge in [-0.05, 0) is 68.3 Å². The highest BCUT2D eigenvalue weighted by Gasteiger charge is 2.46. The summed E-state index contributed by atoms with van der Waals surface area (Å²) in [6.45, 7) is 1.97. The maximum absolute atomic E-state index is 13.4. The summed E-state index contributed by atoms with van der Waals surface area (Å²) in [6, 6.07) is 5.37. The van der Waals surface area contributed by atoms with Crippen LogP contribution in [0, 0.1) is 11.8 Å². The number of fused-ring (bicyclic) bond motifs is 1. The van der Waals surface area contributed by atoms with Crippen LogP contribution in [-0.2, 0) is 10.2 Å². The molecule has 4 rings (SSSR count). The molecule has 0 bridgehead atoms. The van der Waals surface area contributed by atoms with Crippen molar-refractivity contribution in [2.24, 2.45) is 11.8 Å². The van der Waals surface area contributed by atoms with Crippen LogP contribution in [0.5, 0.6) is 0 Å². The summed E-state index contributed by atoms with van der Waals surface area (Å²) in [5.41, 5.74) is 0.381. The van der Waals surface area contributed by atoms with Gasteiger partial charge in [0.25, 0.3) is 0 Å². The van der Waals surface area contributed by atoms with Crippen molar-refractivity contribution in [1.82, 2.24) is 10.6 Å². The van der Waals surface area contributed by atoms with Gasteiger partial charge in [0.1, 0.15) is 0 Å². The molecule has 0 spiro atoms. The van der Waals surface area contributed by atoms with Crippen molar-refractivity contribution < 1.29 is 9.90 Å². The quantitative estimate of drug-likeness (QED) is 0.681. The number of aliphatic hydroxyl groups is 1. The van der Waals surface area contributed by atoms with E-state index in [9.17, 15) is 9.90 Å². The van der Waals surface area contributed by atoms with Gasteiger partial charge in [-0.2, -0.15) is 0 Å². The summed E-state index contributed by atoms with van der Waals surface area (Å²) >= 11 is 12.3. The molecular formula is C20H27Cl3N2O2. The molecule has 7 heteroatoms. The monoisotopic (exact) mass is 432 g/mol. The summed E-state index contributed by atoms with van der Waals surface area (Å²) in [5.74, 6) is 1.11. The van der Waals surface area contributed by atoms with E-state index in [4.69, 9.17) is 23.2 Å². The Morgan fingerprint density at radius 2 is 1.78 bits per heavy atom. The van der Waals surface area contributed by atoms with Crippen LogP contribution in [0.25, 0.3) is 0 Å². The van der Waals surface area contributed by atoms with Crippen LogP contribution in [0.2, 0.25) is 10.0 Å². The number of halogens is 3. The summed E-state index contributed by atoms with van der Waals surface area (Å²) in [5, 5.41) is 18.2. The van der Waals surface area contributed by atoms with Crippen molar-refractivity contribution in [1.29, 1.82) is 0 Å². The molecule has 1 aliphatic heterocycles. The van der Waals surface area contributed by atoms with Crippen LogP contribution in [0.3, 0.4) is 0 Å². The van der Waals surface area contributed by atoms with Gasteiger partial charge >= 0.3 is 0 Å². The van der Waals surface area contributed by atoms with Crippen LogP contribution in [0.15, 0.2) is 18.2 Å². The van der Waals surface area contributed by atoms with E-state index >= 15 is 0 Å². The molecule has 1 aromatic carbocycles. The van der Waals surface area contributed by atoms with Gasteiger partial charge in [0, 0.05) is 0 Å². The van der Waals surface area contributed by atoms with Gasteiger partial charge in [0.05, 0.1) is 27.6 Å². The van der Waals surface area contributed by atoms with Gasteiger partial charge in [-0.15, -0.1) is 12.4 Å². The molecule has 4 nitrogen and oxygen atoms in total. The molecule has 27 heavy (non-hydrogen) atoms. The third-order valence-corrected chi connectivity index (χ3v) is 7.46. The van der Waals surface area contributed by atoms with Crippen LogP contribution in [-0.4, -0.2) is 36.2 Å². The van der Waals surface area contributed by atoms with E-state index in [1.54, 1.807) is 6.07 Å². The molecule has 4 atom stereocenters. The molecule has 1 saturated heterocycles. The maximum Gasteiger partial charge on any atom is 0.230 e. The third-order valence-electron chi connectivity index (χ3n) is 6.73. The van der Waals surface area contributed by atoms with Crippen LogP contribution in [0.4, 0.5) is 0 Å². The lowest BCUT2D eigenvalue weighted by molar-refractivity contribution is -0.129. The SMILES string of the molecule is Cl.O=C(N[C@H]1C[C@H]2CNC[C@H]2C[C@@H]1O)C1(c2ccc(Cl)c(Cl)c2)CCCC1. The summed E-state index contributed by atoms with van der Waals surface area (Å²) in [4.78, 5) is 13.4. The number of carbonyl (C=O) groups is 1. The smallest absolute Gasteiger partial charge is 0.230 e. The average molecular weight is 434 g/mol. The Morgan fingerprint density at radius 3 is 2.44 bits per heavy atom. The minimum absolute atomic E-state index is 0. The Kier molecular flexibility index (Phi) is 6.64. The molecule has 0 aromatic heterocycles. The molecule has 2 saturated carbocycles. The minimum Gasteiger partial charge on any atom is -0.391 e. The fourth-order valence-electron chi connectivity index (χ4n) is 5.18. The number of aliphatic hydroxyl groups excluding tert-OH is 1. The Morgan fingerprint density at radius 1 is 1.11 bits per heavy atom. The lowest BCUT2D eigenvalue weighted by atomic mass is 9.75. The predicted octanol–water partition coefficient (Wildman–Crippen LogP) is 3.70. The normalized spacial score (nSPS) is 31.8. The highest BCUT2D eigenvalue weighted by molar-refractivity contribution is 6.42. The number of carbonyl (C=O) groups excluding carboxylic acids is 1. The second kappa shape index (κ2) is 8.46. The number of amides is 1. The van der Waals surface area contributed by atoms with Gasteiger partial charge in [-0.1, -0.05) is 42.1 Å².